The number of benzene rings is 1. The van der Waals surface area contributed by atoms with Crippen LogP contribution in [0.15, 0.2) is 24.3 Å². The predicted octanol–water partition coefficient (Wildman–Crippen LogP) is 0.106. The zero-order valence-electron chi connectivity index (χ0n) is 22.9. The molecular weight excluding hydrogens is 510 g/mol. The van der Waals surface area contributed by atoms with Gasteiger partial charge in [-0.15, -0.1) is 0 Å². The van der Waals surface area contributed by atoms with Crippen LogP contribution in [0.4, 0.5) is 4.79 Å². The molecule has 0 aliphatic carbocycles. The Bertz CT molecular complexity index is 1030. The van der Waals surface area contributed by atoms with Crippen molar-refractivity contribution in [2.45, 2.75) is 65.1 Å². The molecule has 0 heterocycles. The molecule has 13 nitrogen and oxygen atoms in total. The molecule has 4 atom stereocenters. The largest absolute Gasteiger partial charge is 0.497 e. The van der Waals surface area contributed by atoms with Crippen molar-refractivity contribution < 1.29 is 38.6 Å². The Morgan fingerprint density at radius 1 is 0.949 bits per heavy atom. The molecule has 0 aliphatic rings. The Labute approximate surface area is 227 Å². The topological polar surface area (TPSA) is 206 Å². The molecule has 1 aromatic rings. The van der Waals surface area contributed by atoms with Crippen molar-refractivity contribution in [3.63, 3.8) is 0 Å². The molecule has 0 aromatic heterocycles. The summed E-state index contributed by atoms with van der Waals surface area (Å²) in [5.41, 5.74) is 6.12. The lowest BCUT2D eigenvalue weighted by Crippen LogP contribution is -2.56. The number of amides is 5. The molecule has 1 rings (SSSR count). The van der Waals surface area contributed by atoms with Gasteiger partial charge < -0.3 is 36.8 Å². The van der Waals surface area contributed by atoms with E-state index in [0.29, 0.717) is 17.7 Å². The number of methoxy groups -OCH3 is 1. The number of carboxylic acid groups (broad SMARTS) is 1. The van der Waals surface area contributed by atoms with Gasteiger partial charge in [0.15, 0.2) is 0 Å². The van der Waals surface area contributed by atoms with Crippen LogP contribution in [-0.2, 0) is 30.4 Å². The molecule has 216 valence electrons. The van der Waals surface area contributed by atoms with Crippen molar-refractivity contribution in [1.29, 1.82) is 0 Å². The molecule has 0 fully saturated rings. The number of ether oxygens (including phenoxy) is 1. The normalized spacial score (nSPS) is 13.8. The van der Waals surface area contributed by atoms with Gasteiger partial charge in [0.2, 0.25) is 23.5 Å². The number of nitrogens with two attached hydrogens (primary N) is 1. The zero-order valence-corrected chi connectivity index (χ0v) is 22.9. The van der Waals surface area contributed by atoms with E-state index in [9.17, 15) is 28.8 Å². The molecule has 0 bridgehead atoms. The van der Waals surface area contributed by atoms with Crippen molar-refractivity contribution in [1.82, 2.24) is 21.3 Å². The van der Waals surface area contributed by atoms with Gasteiger partial charge >= 0.3 is 6.09 Å². The van der Waals surface area contributed by atoms with Crippen molar-refractivity contribution in [3.8, 4) is 5.75 Å². The second kappa shape index (κ2) is 15.9. The van der Waals surface area contributed by atoms with Crippen molar-refractivity contribution in [2.24, 2.45) is 17.6 Å². The molecule has 0 aliphatic heterocycles. The van der Waals surface area contributed by atoms with Crippen molar-refractivity contribution >= 4 is 35.5 Å². The lowest BCUT2D eigenvalue weighted by Gasteiger charge is -2.26. The molecule has 7 N–H and O–H groups in total. The highest BCUT2D eigenvalue weighted by Crippen LogP contribution is 2.13. The summed E-state index contributed by atoms with van der Waals surface area (Å²) in [6, 6.07) is 3.37. The van der Waals surface area contributed by atoms with E-state index in [4.69, 9.17) is 15.6 Å². The number of hydrogen-bond acceptors (Lipinski definition) is 7. The lowest BCUT2D eigenvalue weighted by molar-refractivity contribution is -0.141. The minimum absolute atomic E-state index is 0.0268. The van der Waals surface area contributed by atoms with E-state index in [-0.39, 0.29) is 18.8 Å². The van der Waals surface area contributed by atoms with E-state index in [1.807, 2.05) is 0 Å². The quantitative estimate of drug-likeness (QED) is 0.156. The molecule has 0 saturated carbocycles. The predicted molar refractivity (Wildman–Crippen MR) is 142 cm³/mol. The summed E-state index contributed by atoms with van der Waals surface area (Å²) in [4.78, 5) is 73.6. The van der Waals surface area contributed by atoms with Crippen LogP contribution in [0, 0.1) is 11.8 Å². The van der Waals surface area contributed by atoms with Gasteiger partial charge in [-0.1, -0.05) is 46.2 Å². The Balaban J connectivity index is 2.82. The van der Waals surface area contributed by atoms with E-state index in [1.165, 1.54) is 7.11 Å². The second-order valence-corrected chi connectivity index (χ2v) is 9.63. The number of hydrogen-bond donors (Lipinski definition) is 6. The van der Waals surface area contributed by atoms with Gasteiger partial charge in [-0.05, 0) is 36.0 Å². The van der Waals surface area contributed by atoms with Crippen molar-refractivity contribution in [2.75, 3.05) is 13.7 Å². The van der Waals surface area contributed by atoms with Gasteiger partial charge in [-0.3, -0.25) is 24.0 Å². The Kier molecular flexibility index (Phi) is 13.4. The highest BCUT2D eigenvalue weighted by molar-refractivity contribution is 6.38. The third-order valence-corrected chi connectivity index (χ3v) is 6.03. The number of nitrogens with one attached hydrogen (secondary N) is 4. The maximum Gasteiger partial charge on any atom is 0.405 e. The molecule has 2 unspecified atom stereocenters. The fourth-order valence-corrected chi connectivity index (χ4v) is 3.66. The standard InChI is InChI=1S/C26H39N5O8/c1-6-15(4)21(31-24(35)19(11-14(2)3)30-26(37)38)22(33)25(36)28-13-20(32)29-18(23(27)34)12-16-7-9-17(39-5)10-8-16/h7-10,14-15,18-19,21,30H,6,11-13H2,1-5H3,(H2,27,34)(H,28,36)(H,29,32)(H,31,35)(H,37,38)/t15-,18?,19-,21?/m0/s1. The van der Waals surface area contributed by atoms with Gasteiger partial charge in [0.05, 0.1) is 19.7 Å². The summed E-state index contributed by atoms with van der Waals surface area (Å²) < 4.78 is 5.08. The maximum absolute atomic E-state index is 12.9. The fraction of sp³-hybridized carbons (Fsp3) is 0.538. The van der Waals surface area contributed by atoms with Crippen molar-refractivity contribution in [3.05, 3.63) is 29.8 Å². The molecule has 13 heteroatoms. The van der Waals surface area contributed by atoms with Crippen LogP contribution in [0.5, 0.6) is 5.75 Å². The number of rotatable bonds is 16. The monoisotopic (exact) mass is 549 g/mol. The maximum atomic E-state index is 12.9. The number of carbonyl (C=O) groups excluding carboxylic acids is 5. The van der Waals surface area contributed by atoms with Gasteiger partial charge in [-0.25, -0.2) is 4.79 Å². The van der Waals surface area contributed by atoms with Gasteiger partial charge in [0.1, 0.15) is 17.8 Å². The second-order valence-electron chi connectivity index (χ2n) is 9.63. The molecule has 0 saturated heterocycles. The SMILES string of the molecule is CC[C@H](C)C(NC(=O)[C@H](CC(C)C)NC(=O)O)C(=O)C(=O)NCC(=O)NC(Cc1ccc(OC)cc1)C(N)=O. The van der Waals surface area contributed by atoms with Gasteiger partial charge in [0.25, 0.3) is 5.91 Å². The summed E-state index contributed by atoms with van der Waals surface area (Å²) in [7, 11) is 1.51. The number of ketones is 1. The van der Waals surface area contributed by atoms with E-state index in [0.717, 1.165) is 0 Å². The smallest absolute Gasteiger partial charge is 0.405 e. The third kappa shape index (κ3) is 11.4. The minimum Gasteiger partial charge on any atom is -0.497 e. The van der Waals surface area contributed by atoms with Crippen LogP contribution in [0.3, 0.4) is 0 Å². The fourth-order valence-electron chi connectivity index (χ4n) is 3.66. The molecule has 39 heavy (non-hydrogen) atoms. The van der Waals surface area contributed by atoms with E-state index < -0.39 is 66.1 Å². The highest BCUT2D eigenvalue weighted by atomic mass is 16.5. The van der Waals surface area contributed by atoms with E-state index in [1.54, 1.807) is 52.0 Å². The molecular formula is C26H39N5O8. The van der Waals surface area contributed by atoms with Crippen LogP contribution in [0.1, 0.15) is 46.1 Å². The van der Waals surface area contributed by atoms with Crippen LogP contribution >= 0.6 is 0 Å². The number of carbonyl (C=O) groups is 6. The van der Waals surface area contributed by atoms with Crippen LogP contribution in [0.25, 0.3) is 0 Å². The first-order valence-corrected chi connectivity index (χ1v) is 12.6. The molecule has 0 radical (unpaired) electrons. The first kappa shape index (κ1) is 32.9. The van der Waals surface area contributed by atoms with Crippen LogP contribution < -0.4 is 31.7 Å². The molecule has 1 aromatic carbocycles. The summed E-state index contributed by atoms with van der Waals surface area (Å²) >= 11 is 0. The van der Waals surface area contributed by atoms with Crippen LogP contribution in [-0.4, -0.2) is 72.4 Å². The lowest BCUT2D eigenvalue weighted by atomic mass is 9.94. The number of Topliss-reactive ketones (excluding diaryl/α,β-unsaturated/α-hetero) is 1. The molecule has 5 amide bonds. The van der Waals surface area contributed by atoms with Gasteiger partial charge in [-0.2, -0.15) is 0 Å². The summed E-state index contributed by atoms with van der Waals surface area (Å²) in [5, 5.41) is 18.3. The van der Waals surface area contributed by atoms with E-state index >= 15 is 0 Å². The summed E-state index contributed by atoms with van der Waals surface area (Å²) in [6.07, 6.45) is -0.685. The Morgan fingerprint density at radius 3 is 2.05 bits per heavy atom. The Hall–Kier alpha value is -4.16. The highest BCUT2D eigenvalue weighted by Gasteiger charge is 2.33. The summed E-state index contributed by atoms with van der Waals surface area (Å²) in [6.45, 7) is 6.41. The van der Waals surface area contributed by atoms with Gasteiger partial charge in [0, 0.05) is 6.42 Å². The Morgan fingerprint density at radius 2 is 1.56 bits per heavy atom. The van der Waals surface area contributed by atoms with E-state index in [2.05, 4.69) is 21.3 Å². The molecule has 0 spiro atoms. The van der Waals surface area contributed by atoms with Crippen LogP contribution in [0.2, 0.25) is 0 Å². The first-order chi connectivity index (χ1) is 18.3. The summed E-state index contributed by atoms with van der Waals surface area (Å²) in [5.74, 6) is -4.26. The average Bonchev–Trinajstić information content (AvgIpc) is 2.88. The third-order valence-electron chi connectivity index (χ3n) is 6.03. The minimum atomic E-state index is -1.40. The average molecular weight is 550 g/mol. The number of primary amides is 1. The first-order valence-electron chi connectivity index (χ1n) is 12.6. The zero-order chi connectivity index (χ0) is 29.7.